The van der Waals surface area contributed by atoms with Crippen LogP contribution in [0.1, 0.15) is 9.88 Å². The van der Waals surface area contributed by atoms with Crippen LogP contribution in [0.3, 0.4) is 0 Å². The Kier molecular flexibility index (Phi) is 4.72. The van der Waals surface area contributed by atoms with Crippen LogP contribution in [0, 0.1) is 6.92 Å². The topological polar surface area (TPSA) is 53.4 Å². The van der Waals surface area contributed by atoms with Crippen LogP contribution >= 0.6 is 23.1 Å². The summed E-state index contributed by atoms with van der Waals surface area (Å²) in [6.45, 7) is 1.82. The predicted molar refractivity (Wildman–Crippen MR) is 56.1 cm³/mol. The molecule has 0 aliphatic rings. The van der Waals surface area contributed by atoms with Gasteiger partial charge in [-0.15, -0.1) is 11.3 Å². The zero-order valence-electron chi connectivity index (χ0n) is 7.43. The molecule has 74 valence electrons. The van der Waals surface area contributed by atoms with Gasteiger partial charge in [-0.25, -0.2) is 4.98 Å². The minimum absolute atomic E-state index is 0.158. The smallest absolute Gasteiger partial charge is 0.0897 e. The first-order valence-corrected chi connectivity index (χ1v) is 5.97. The average Bonchev–Trinajstić information content (AvgIpc) is 2.51. The Morgan fingerprint density at radius 1 is 1.69 bits per heavy atom. The SMILES string of the molecule is Cc1ncc(CSCC(O)CO)s1. The Bertz CT molecular complexity index is 252. The highest BCUT2D eigenvalue weighted by Gasteiger charge is 2.03. The Balaban J connectivity index is 2.20. The van der Waals surface area contributed by atoms with Crippen molar-refractivity contribution < 1.29 is 10.2 Å². The van der Waals surface area contributed by atoms with Gasteiger partial charge in [-0.2, -0.15) is 11.8 Å². The molecule has 0 bridgehead atoms. The van der Waals surface area contributed by atoms with Crippen molar-refractivity contribution in [1.82, 2.24) is 4.98 Å². The highest BCUT2D eigenvalue weighted by molar-refractivity contribution is 7.98. The van der Waals surface area contributed by atoms with E-state index in [1.807, 2.05) is 13.1 Å². The second-order valence-corrected chi connectivity index (χ2v) is 5.05. The van der Waals surface area contributed by atoms with Crippen LogP contribution in [-0.4, -0.2) is 33.7 Å². The summed E-state index contributed by atoms with van der Waals surface area (Å²) in [6, 6.07) is 0. The van der Waals surface area contributed by atoms with E-state index in [0.717, 1.165) is 10.8 Å². The molecule has 13 heavy (non-hydrogen) atoms. The monoisotopic (exact) mass is 219 g/mol. The molecular weight excluding hydrogens is 206 g/mol. The number of thioether (sulfide) groups is 1. The Labute approximate surface area is 85.8 Å². The third-order valence-electron chi connectivity index (χ3n) is 1.43. The van der Waals surface area contributed by atoms with Gasteiger partial charge in [0.25, 0.3) is 0 Å². The normalized spacial score (nSPS) is 13.2. The minimum Gasteiger partial charge on any atom is -0.394 e. The maximum atomic E-state index is 9.06. The molecule has 5 heteroatoms. The summed E-state index contributed by atoms with van der Waals surface area (Å²) < 4.78 is 0. The fourth-order valence-corrected chi connectivity index (χ4v) is 2.67. The number of thiazole rings is 1. The number of aromatic nitrogens is 1. The van der Waals surface area contributed by atoms with E-state index in [0.29, 0.717) is 5.75 Å². The van der Waals surface area contributed by atoms with Crippen molar-refractivity contribution in [2.75, 3.05) is 12.4 Å². The molecule has 0 aromatic carbocycles. The Morgan fingerprint density at radius 3 is 3.00 bits per heavy atom. The maximum absolute atomic E-state index is 9.06. The van der Waals surface area contributed by atoms with Gasteiger partial charge in [-0.05, 0) is 6.92 Å². The predicted octanol–water partition coefficient (Wildman–Crippen LogP) is 1.04. The molecular formula is C8H13NO2S2. The lowest BCUT2D eigenvalue weighted by molar-refractivity contribution is 0.113. The van der Waals surface area contributed by atoms with Crippen molar-refractivity contribution >= 4 is 23.1 Å². The van der Waals surface area contributed by atoms with E-state index in [9.17, 15) is 0 Å². The van der Waals surface area contributed by atoms with Gasteiger partial charge >= 0.3 is 0 Å². The zero-order chi connectivity index (χ0) is 9.68. The minimum atomic E-state index is -0.598. The first kappa shape index (κ1) is 11.0. The Hall–Kier alpha value is -0.100. The van der Waals surface area contributed by atoms with Crippen molar-refractivity contribution in [2.45, 2.75) is 18.8 Å². The van der Waals surface area contributed by atoms with Crippen molar-refractivity contribution in [3.63, 3.8) is 0 Å². The lowest BCUT2D eigenvalue weighted by atomic mass is 10.4. The van der Waals surface area contributed by atoms with E-state index >= 15 is 0 Å². The van der Waals surface area contributed by atoms with Crippen molar-refractivity contribution in [2.24, 2.45) is 0 Å². The van der Waals surface area contributed by atoms with Gasteiger partial charge in [0, 0.05) is 22.6 Å². The molecule has 1 aromatic rings. The van der Waals surface area contributed by atoms with E-state index in [1.54, 1.807) is 23.1 Å². The summed E-state index contributed by atoms with van der Waals surface area (Å²) >= 11 is 3.28. The third-order valence-corrected chi connectivity index (χ3v) is 3.67. The Morgan fingerprint density at radius 2 is 2.46 bits per heavy atom. The van der Waals surface area contributed by atoms with Gasteiger partial charge in [-0.3, -0.25) is 0 Å². The lowest BCUT2D eigenvalue weighted by Gasteiger charge is -2.04. The molecule has 0 radical (unpaired) electrons. The number of nitrogens with zero attached hydrogens (tertiary/aromatic N) is 1. The summed E-state index contributed by atoms with van der Waals surface area (Å²) in [4.78, 5) is 5.34. The van der Waals surface area contributed by atoms with Gasteiger partial charge in [-0.1, -0.05) is 0 Å². The summed E-state index contributed by atoms with van der Waals surface area (Å²) in [5, 5.41) is 18.7. The lowest BCUT2D eigenvalue weighted by Crippen LogP contribution is -2.14. The summed E-state index contributed by atoms with van der Waals surface area (Å²) in [5.74, 6) is 1.44. The fraction of sp³-hybridized carbons (Fsp3) is 0.625. The van der Waals surface area contributed by atoms with Crippen LogP contribution in [-0.2, 0) is 5.75 Å². The molecule has 1 aromatic heterocycles. The summed E-state index contributed by atoms with van der Waals surface area (Å²) in [6.07, 6.45) is 1.26. The molecule has 0 spiro atoms. The van der Waals surface area contributed by atoms with E-state index in [2.05, 4.69) is 4.98 Å². The van der Waals surface area contributed by atoms with Gasteiger partial charge in [0.1, 0.15) is 0 Å². The van der Waals surface area contributed by atoms with Crippen molar-refractivity contribution in [3.8, 4) is 0 Å². The van der Waals surface area contributed by atoms with E-state index < -0.39 is 6.10 Å². The first-order valence-electron chi connectivity index (χ1n) is 4.00. The van der Waals surface area contributed by atoms with E-state index in [4.69, 9.17) is 10.2 Å². The number of rotatable bonds is 5. The first-order chi connectivity index (χ1) is 6.22. The van der Waals surface area contributed by atoms with Crippen LogP contribution in [0.4, 0.5) is 0 Å². The van der Waals surface area contributed by atoms with Crippen LogP contribution in [0.5, 0.6) is 0 Å². The average molecular weight is 219 g/mol. The maximum Gasteiger partial charge on any atom is 0.0897 e. The van der Waals surface area contributed by atoms with Crippen LogP contribution in [0.15, 0.2) is 6.20 Å². The third kappa shape index (κ3) is 4.08. The quantitative estimate of drug-likeness (QED) is 0.777. The molecule has 0 amide bonds. The molecule has 3 nitrogen and oxygen atoms in total. The molecule has 1 atom stereocenters. The molecule has 1 unspecified atom stereocenters. The van der Waals surface area contributed by atoms with Crippen LogP contribution in [0.2, 0.25) is 0 Å². The molecule has 1 rings (SSSR count). The molecule has 2 N–H and O–H groups in total. The molecule has 0 fully saturated rings. The second kappa shape index (κ2) is 5.59. The molecule has 0 saturated heterocycles. The van der Waals surface area contributed by atoms with Gasteiger partial charge in [0.2, 0.25) is 0 Å². The number of aryl methyl sites for hydroxylation is 1. The second-order valence-electron chi connectivity index (χ2n) is 2.70. The number of aliphatic hydroxyl groups excluding tert-OH is 2. The summed E-state index contributed by atoms with van der Waals surface area (Å²) in [5.41, 5.74) is 0. The van der Waals surface area contributed by atoms with Crippen LogP contribution in [0.25, 0.3) is 0 Å². The highest BCUT2D eigenvalue weighted by Crippen LogP contribution is 2.18. The zero-order valence-corrected chi connectivity index (χ0v) is 9.07. The number of aliphatic hydroxyl groups is 2. The van der Waals surface area contributed by atoms with Crippen LogP contribution < -0.4 is 0 Å². The number of hydrogen-bond donors (Lipinski definition) is 2. The van der Waals surface area contributed by atoms with E-state index in [-0.39, 0.29) is 6.61 Å². The number of hydrogen-bond acceptors (Lipinski definition) is 5. The highest BCUT2D eigenvalue weighted by atomic mass is 32.2. The summed E-state index contributed by atoms with van der Waals surface area (Å²) in [7, 11) is 0. The van der Waals surface area contributed by atoms with Crippen molar-refractivity contribution in [3.05, 3.63) is 16.1 Å². The largest absolute Gasteiger partial charge is 0.394 e. The van der Waals surface area contributed by atoms with Crippen molar-refractivity contribution in [1.29, 1.82) is 0 Å². The molecule has 0 aliphatic carbocycles. The molecule has 0 aliphatic heterocycles. The molecule has 1 heterocycles. The molecule has 0 saturated carbocycles. The van der Waals surface area contributed by atoms with E-state index in [1.165, 1.54) is 4.88 Å². The van der Waals surface area contributed by atoms with Gasteiger partial charge < -0.3 is 10.2 Å². The van der Waals surface area contributed by atoms with Gasteiger partial charge in [0.05, 0.1) is 17.7 Å². The fourth-order valence-electron chi connectivity index (χ4n) is 0.820. The van der Waals surface area contributed by atoms with Gasteiger partial charge in [0.15, 0.2) is 0 Å². The standard InChI is InChI=1S/C8H13NO2S2/c1-6-9-2-8(13-6)5-12-4-7(11)3-10/h2,7,10-11H,3-5H2,1H3.